The number of hydrogen-bond donors (Lipinski definition) is 0. The van der Waals surface area contributed by atoms with Gasteiger partial charge >= 0.3 is 0 Å². The molecule has 3 heteroatoms. The summed E-state index contributed by atoms with van der Waals surface area (Å²) in [5.41, 5.74) is 1.11. The Morgan fingerprint density at radius 2 is 2.12 bits per heavy atom. The molecule has 86 valence electrons. The van der Waals surface area contributed by atoms with E-state index in [2.05, 4.69) is 37.0 Å². The van der Waals surface area contributed by atoms with Crippen LogP contribution in [0, 0.1) is 5.92 Å². The van der Waals surface area contributed by atoms with Gasteiger partial charge in [-0.2, -0.15) is 0 Å². The average Bonchev–Trinajstić information content (AvgIpc) is 2.67. The summed E-state index contributed by atoms with van der Waals surface area (Å²) in [6, 6.07) is 8.29. The van der Waals surface area contributed by atoms with Crippen LogP contribution in [0.1, 0.15) is 25.3 Å². The Morgan fingerprint density at radius 1 is 1.38 bits per heavy atom. The Hall–Kier alpha value is -0.600. The Balaban J connectivity index is 2.20. The molecule has 2 unspecified atom stereocenters. The molecule has 0 N–H and O–H groups in total. The van der Waals surface area contributed by atoms with Crippen molar-refractivity contribution in [2.45, 2.75) is 32.1 Å². The fourth-order valence-electron chi connectivity index (χ4n) is 1.86. The molecule has 0 saturated heterocycles. The Morgan fingerprint density at radius 3 is 2.75 bits per heavy atom. The number of thiazole rings is 1. The van der Waals surface area contributed by atoms with Crippen LogP contribution >= 0.6 is 22.9 Å². The van der Waals surface area contributed by atoms with Crippen LogP contribution in [0.3, 0.4) is 0 Å². The van der Waals surface area contributed by atoms with Crippen molar-refractivity contribution < 1.29 is 0 Å². The molecule has 0 aliphatic carbocycles. The van der Waals surface area contributed by atoms with Gasteiger partial charge in [0.25, 0.3) is 0 Å². The highest BCUT2D eigenvalue weighted by Gasteiger charge is 2.15. The number of nitrogens with zero attached hydrogens (tertiary/aromatic N) is 1. The van der Waals surface area contributed by atoms with Gasteiger partial charge in [-0.25, -0.2) is 4.98 Å². The van der Waals surface area contributed by atoms with Crippen molar-refractivity contribution in [1.29, 1.82) is 0 Å². The minimum absolute atomic E-state index is 0.219. The van der Waals surface area contributed by atoms with E-state index in [9.17, 15) is 0 Å². The van der Waals surface area contributed by atoms with E-state index in [-0.39, 0.29) is 5.38 Å². The Kier molecular flexibility index (Phi) is 3.82. The monoisotopic (exact) mass is 253 g/mol. The molecule has 0 aliphatic heterocycles. The van der Waals surface area contributed by atoms with Crippen LogP contribution in [0.15, 0.2) is 24.3 Å². The molecule has 0 saturated carbocycles. The van der Waals surface area contributed by atoms with Gasteiger partial charge in [-0.15, -0.1) is 22.9 Å². The summed E-state index contributed by atoms with van der Waals surface area (Å²) in [7, 11) is 0. The largest absolute Gasteiger partial charge is 0.241 e. The topological polar surface area (TPSA) is 12.9 Å². The zero-order chi connectivity index (χ0) is 11.5. The predicted octanol–water partition coefficient (Wildman–Crippen LogP) is 4.49. The fraction of sp³-hybridized carbons (Fsp3) is 0.462. The van der Waals surface area contributed by atoms with Gasteiger partial charge in [0.2, 0.25) is 0 Å². The van der Waals surface area contributed by atoms with Gasteiger partial charge in [0.15, 0.2) is 0 Å². The van der Waals surface area contributed by atoms with E-state index in [0.29, 0.717) is 5.92 Å². The molecule has 1 aromatic carbocycles. The van der Waals surface area contributed by atoms with Crippen molar-refractivity contribution in [2.75, 3.05) is 0 Å². The van der Waals surface area contributed by atoms with Crippen LogP contribution < -0.4 is 0 Å². The van der Waals surface area contributed by atoms with Crippen molar-refractivity contribution in [2.24, 2.45) is 5.92 Å². The van der Waals surface area contributed by atoms with E-state index in [0.717, 1.165) is 18.4 Å². The molecule has 0 bridgehead atoms. The maximum Gasteiger partial charge on any atom is 0.0941 e. The van der Waals surface area contributed by atoms with E-state index >= 15 is 0 Å². The van der Waals surface area contributed by atoms with E-state index in [1.807, 2.05) is 6.07 Å². The maximum absolute atomic E-state index is 6.17. The summed E-state index contributed by atoms with van der Waals surface area (Å²) in [5, 5.41) is 1.43. The van der Waals surface area contributed by atoms with Gasteiger partial charge in [-0.1, -0.05) is 25.5 Å². The summed E-state index contributed by atoms with van der Waals surface area (Å²) < 4.78 is 1.27. The molecule has 2 rings (SSSR count). The third-order valence-electron chi connectivity index (χ3n) is 2.95. The molecule has 0 spiro atoms. The highest BCUT2D eigenvalue weighted by molar-refractivity contribution is 7.18. The van der Waals surface area contributed by atoms with Gasteiger partial charge in [-0.3, -0.25) is 0 Å². The molecular formula is C13H16ClNS. The highest BCUT2D eigenvalue weighted by atomic mass is 35.5. The summed E-state index contributed by atoms with van der Waals surface area (Å²) in [4.78, 5) is 4.64. The number of aromatic nitrogens is 1. The van der Waals surface area contributed by atoms with Gasteiger partial charge in [0.05, 0.1) is 15.2 Å². The quantitative estimate of drug-likeness (QED) is 0.732. The van der Waals surface area contributed by atoms with Crippen molar-refractivity contribution >= 4 is 33.2 Å². The van der Waals surface area contributed by atoms with Crippen molar-refractivity contribution in [3.8, 4) is 0 Å². The normalized spacial score (nSPS) is 15.2. The first-order valence-corrected chi connectivity index (χ1v) is 6.94. The third-order valence-corrected chi connectivity index (χ3v) is 4.36. The van der Waals surface area contributed by atoms with Crippen LogP contribution in [0.4, 0.5) is 0 Å². The van der Waals surface area contributed by atoms with E-state index in [4.69, 9.17) is 11.6 Å². The standard InChI is InChI=1S/C13H16ClNS/c1-3-10(9(2)14)8-13-15-11-6-4-5-7-12(11)16-13/h4-7,9-10H,3,8H2,1-2H3. The lowest BCUT2D eigenvalue weighted by molar-refractivity contribution is 0.497. The SMILES string of the molecule is CCC(Cc1nc2ccccc2s1)C(C)Cl. The number of fused-ring (bicyclic) bond motifs is 1. The minimum Gasteiger partial charge on any atom is -0.241 e. The smallest absolute Gasteiger partial charge is 0.0941 e. The van der Waals surface area contributed by atoms with E-state index < -0.39 is 0 Å². The first kappa shape index (κ1) is 11.9. The molecule has 16 heavy (non-hydrogen) atoms. The summed E-state index contributed by atoms with van der Waals surface area (Å²) >= 11 is 7.96. The molecular weight excluding hydrogens is 238 g/mol. The second-order valence-corrected chi connectivity index (χ2v) is 5.93. The van der Waals surface area contributed by atoms with Crippen LogP contribution in [-0.2, 0) is 6.42 Å². The van der Waals surface area contributed by atoms with Gasteiger partial charge in [0, 0.05) is 11.8 Å². The predicted molar refractivity (Wildman–Crippen MR) is 72.4 cm³/mol. The second kappa shape index (κ2) is 5.15. The summed E-state index contributed by atoms with van der Waals surface area (Å²) in [6.45, 7) is 4.26. The molecule has 1 heterocycles. The highest BCUT2D eigenvalue weighted by Crippen LogP contribution is 2.26. The molecule has 1 nitrogen and oxygen atoms in total. The number of halogens is 1. The van der Waals surface area contributed by atoms with Crippen LogP contribution in [-0.4, -0.2) is 10.4 Å². The van der Waals surface area contributed by atoms with Crippen molar-refractivity contribution in [1.82, 2.24) is 4.98 Å². The third kappa shape index (κ3) is 2.55. The lowest BCUT2D eigenvalue weighted by atomic mass is 10.00. The number of benzene rings is 1. The van der Waals surface area contributed by atoms with Gasteiger partial charge < -0.3 is 0 Å². The van der Waals surface area contributed by atoms with Crippen LogP contribution in [0.5, 0.6) is 0 Å². The van der Waals surface area contributed by atoms with Crippen molar-refractivity contribution in [3.05, 3.63) is 29.3 Å². The lowest BCUT2D eigenvalue weighted by Crippen LogP contribution is -2.13. The fourth-order valence-corrected chi connectivity index (χ4v) is 3.19. The van der Waals surface area contributed by atoms with Gasteiger partial charge in [-0.05, 0) is 25.0 Å². The van der Waals surface area contributed by atoms with E-state index in [1.54, 1.807) is 11.3 Å². The number of alkyl halides is 1. The first-order chi connectivity index (χ1) is 7.70. The van der Waals surface area contributed by atoms with E-state index in [1.165, 1.54) is 9.71 Å². The first-order valence-electron chi connectivity index (χ1n) is 5.69. The number of hydrogen-bond acceptors (Lipinski definition) is 2. The maximum atomic E-state index is 6.17. The van der Waals surface area contributed by atoms with Gasteiger partial charge in [0.1, 0.15) is 0 Å². The lowest BCUT2D eigenvalue weighted by Gasteiger charge is -2.15. The zero-order valence-corrected chi connectivity index (χ0v) is 11.2. The van der Waals surface area contributed by atoms with Crippen LogP contribution in [0.2, 0.25) is 0 Å². The molecule has 1 aromatic heterocycles. The average molecular weight is 254 g/mol. The minimum atomic E-state index is 0.219. The Bertz CT molecular complexity index is 431. The molecule has 0 amide bonds. The molecule has 0 radical (unpaired) electrons. The molecule has 0 fully saturated rings. The molecule has 0 aliphatic rings. The number of rotatable bonds is 4. The van der Waals surface area contributed by atoms with Crippen LogP contribution in [0.25, 0.3) is 10.2 Å². The zero-order valence-electron chi connectivity index (χ0n) is 9.61. The number of para-hydroxylation sites is 1. The molecule has 2 atom stereocenters. The second-order valence-electron chi connectivity index (χ2n) is 4.13. The Labute approximate surface area is 105 Å². The summed E-state index contributed by atoms with van der Waals surface area (Å²) in [6.07, 6.45) is 2.11. The van der Waals surface area contributed by atoms with Crippen molar-refractivity contribution in [3.63, 3.8) is 0 Å². The molecule has 2 aromatic rings. The summed E-state index contributed by atoms with van der Waals surface area (Å²) in [5.74, 6) is 0.530.